The van der Waals surface area contributed by atoms with Gasteiger partial charge in [-0.1, -0.05) is 41.5 Å². The van der Waals surface area contributed by atoms with E-state index in [2.05, 4.69) is 46.6 Å². The third-order valence-electron chi connectivity index (χ3n) is 3.48. The fourth-order valence-electron chi connectivity index (χ4n) is 2.43. The largest absolute Gasteiger partial charge is 0.507 e. The summed E-state index contributed by atoms with van der Waals surface area (Å²) in [5, 5.41) is 16.4. The molecule has 1 aromatic rings. The van der Waals surface area contributed by atoms with Gasteiger partial charge in [0, 0.05) is 7.05 Å². The number of benzene rings is 1. The first kappa shape index (κ1) is 18.1. The summed E-state index contributed by atoms with van der Waals surface area (Å²) in [7, 11) is 1.82. The van der Waals surface area contributed by atoms with Crippen molar-refractivity contribution in [3.8, 4) is 5.75 Å². The lowest BCUT2D eigenvalue weighted by atomic mass is 9.78. The fourth-order valence-corrected chi connectivity index (χ4v) is 2.43. The lowest BCUT2D eigenvalue weighted by Gasteiger charge is -2.28. The molecule has 0 aliphatic heterocycles. The van der Waals surface area contributed by atoms with E-state index in [1.54, 1.807) is 5.01 Å². The second-order valence-corrected chi connectivity index (χ2v) is 7.88. The van der Waals surface area contributed by atoms with Crippen molar-refractivity contribution in [3.05, 3.63) is 28.8 Å². The maximum Gasteiger partial charge on any atom is 0.208 e. The number of nitrogens with zero attached hydrogens (tertiary/aromatic N) is 2. The molecule has 0 radical (unpaired) electrons. The standard InChI is InChI=1S/C17H30N4O/c1-16(2,3)12-8-11(10-21(7)20-15(18)19)9-13(14(12)22)17(4,5)6/h8-9,22H,10H2,1-7H3,(H4,18,19,20). The third-order valence-corrected chi connectivity index (χ3v) is 3.48. The first-order valence-electron chi connectivity index (χ1n) is 7.50. The van der Waals surface area contributed by atoms with Crippen molar-refractivity contribution in [2.75, 3.05) is 7.05 Å². The van der Waals surface area contributed by atoms with Crippen molar-refractivity contribution < 1.29 is 5.11 Å². The van der Waals surface area contributed by atoms with Crippen molar-refractivity contribution in [2.24, 2.45) is 16.6 Å². The summed E-state index contributed by atoms with van der Waals surface area (Å²) in [5.74, 6) is 0.418. The Bertz CT molecular complexity index is 526. The second-order valence-electron chi connectivity index (χ2n) is 7.88. The highest BCUT2D eigenvalue weighted by Crippen LogP contribution is 2.39. The molecule has 1 aromatic carbocycles. The molecule has 1 rings (SSSR count). The molecule has 0 bridgehead atoms. The molecule has 5 N–H and O–H groups in total. The molecule has 0 fully saturated rings. The van der Waals surface area contributed by atoms with E-state index in [4.69, 9.17) is 11.5 Å². The number of rotatable bonds is 3. The van der Waals surface area contributed by atoms with E-state index in [0.717, 1.165) is 16.7 Å². The zero-order chi connectivity index (χ0) is 17.3. The SMILES string of the molecule is CN(Cc1cc(C(C)(C)C)c(O)c(C(C)(C)C)c1)N=C(N)N. The Morgan fingerprint density at radius 1 is 1.05 bits per heavy atom. The topological polar surface area (TPSA) is 87.9 Å². The van der Waals surface area contributed by atoms with Crippen LogP contribution in [0.25, 0.3) is 0 Å². The van der Waals surface area contributed by atoms with E-state index >= 15 is 0 Å². The maximum atomic E-state index is 10.7. The highest BCUT2D eigenvalue weighted by atomic mass is 16.3. The molecule has 0 atom stereocenters. The smallest absolute Gasteiger partial charge is 0.208 e. The van der Waals surface area contributed by atoms with Gasteiger partial charge in [0.15, 0.2) is 0 Å². The summed E-state index contributed by atoms with van der Waals surface area (Å²) in [6, 6.07) is 4.06. The third kappa shape index (κ3) is 4.55. The van der Waals surface area contributed by atoms with Gasteiger partial charge in [0.2, 0.25) is 5.96 Å². The molecule has 5 heteroatoms. The Hall–Kier alpha value is -1.91. The van der Waals surface area contributed by atoms with Crippen molar-refractivity contribution in [1.29, 1.82) is 0 Å². The highest BCUT2D eigenvalue weighted by molar-refractivity contribution is 5.75. The van der Waals surface area contributed by atoms with Crippen LogP contribution in [0.2, 0.25) is 0 Å². The van der Waals surface area contributed by atoms with E-state index in [0.29, 0.717) is 12.3 Å². The molecule has 22 heavy (non-hydrogen) atoms. The van der Waals surface area contributed by atoms with Gasteiger partial charge in [-0.25, -0.2) is 0 Å². The molecule has 0 aliphatic carbocycles. The Balaban J connectivity index is 3.39. The number of phenols is 1. The average molecular weight is 306 g/mol. The lowest BCUT2D eigenvalue weighted by Crippen LogP contribution is -2.27. The van der Waals surface area contributed by atoms with Crippen LogP contribution in [0.3, 0.4) is 0 Å². The van der Waals surface area contributed by atoms with Crippen LogP contribution >= 0.6 is 0 Å². The number of hydrogen-bond donors (Lipinski definition) is 3. The van der Waals surface area contributed by atoms with Gasteiger partial charge >= 0.3 is 0 Å². The van der Waals surface area contributed by atoms with Gasteiger partial charge in [-0.05, 0) is 39.7 Å². The summed E-state index contributed by atoms with van der Waals surface area (Å²) in [6.45, 7) is 13.1. The van der Waals surface area contributed by atoms with E-state index in [9.17, 15) is 5.11 Å². The monoisotopic (exact) mass is 306 g/mol. The Morgan fingerprint density at radius 2 is 1.45 bits per heavy atom. The predicted octanol–water partition coefficient (Wildman–Crippen LogP) is 2.61. The fraction of sp³-hybridized carbons (Fsp3) is 0.588. The molecule has 0 saturated carbocycles. The summed E-state index contributed by atoms with van der Waals surface area (Å²) in [6.07, 6.45) is 0. The Labute approximate surface area is 134 Å². The summed E-state index contributed by atoms with van der Waals surface area (Å²) < 4.78 is 0. The van der Waals surface area contributed by atoms with Crippen LogP contribution in [0.1, 0.15) is 58.2 Å². The number of aromatic hydroxyl groups is 1. The molecule has 0 amide bonds. The van der Waals surface area contributed by atoms with Gasteiger partial charge in [0.1, 0.15) is 5.75 Å². The van der Waals surface area contributed by atoms with Gasteiger partial charge in [0.25, 0.3) is 0 Å². The van der Waals surface area contributed by atoms with Crippen molar-refractivity contribution in [2.45, 2.75) is 58.9 Å². The van der Waals surface area contributed by atoms with E-state index in [1.165, 1.54) is 0 Å². The minimum Gasteiger partial charge on any atom is -0.507 e. The summed E-state index contributed by atoms with van der Waals surface area (Å²) in [5.41, 5.74) is 13.5. The van der Waals surface area contributed by atoms with Gasteiger partial charge in [0.05, 0.1) is 6.54 Å². The zero-order valence-electron chi connectivity index (χ0n) is 14.9. The van der Waals surface area contributed by atoms with E-state index in [1.807, 2.05) is 19.2 Å². The minimum atomic E-state index is -0.144. The van der Waals surface area contributed by atoms with Crippen molar-refractivity contribution in [3.63, 3.8) is 0 Å². The van der Waals surface area contributed by atoms with Crippen molar-refractivity contribution >= 4 is 5.96 Å². The van der Waals surface area contributed by atoms with Crippen LogP contribution < -0.4 is 11.5 Å². The van der Waals surface area contributed by atoms with Crippen molar-refractivity contribution in [1.82, 2.24) is 5.01 Å². The number of guanidine groups is 1. The van der Waals surface area contributed by atoms with Crippen LogP contribution in [-0.2, 0) is 17.4 Å². The molecule has 0 aromatic heterocycles. The number of hydrogen-bond acceptors (Lipinski definition) is 3. The highest BCUT2D eigenvalue weighted by Gasteiger charge is 2.26. The first-order chi connectivity index (χ1) is 9.82. The normalized spacial score (nSPS) is 12.1. The Kier molecular flexibility index (Phi) is 5.00. The maximum absolute atomic E-state index is 10.7. The lowest BCUT2D eigenvalue weighted by molar-refractivity contribution is 0.344. The minimum absolute atomic E-state index is 0.0355. The number of hydrazone groups is 1. The quantitative estimate of drug-likeness (QED) is 0.455. The number of nitrogens with two attached hydrogens (primary N) is 2. The van der Waals surface area contributed by atoms with Gasteiger partial charge in [-0.3, -0.25) is 5.01 Å². The molecule has 0 heterocycles. The average Bonchev–Trinajstić information content (AvgIpc) is 2.26. The molecule has 124 valence electrons. The van der Waals surface area contributed by atoms with Crippen LogP contribution in [0.4, 0.5) is 0 Å². The molecule has 5 nitrogen and oxygen atoms in total. The van der Waals surface area contributed by atoms with Crippen LogP contribution in [-0.4, -0.2) is 23.1 Å². The van der Waals surface area contributed by atoms with Gasteiger partial charge in [-0.15, -0.1) is 5.10 Å². The molecule has 0 spiro atoms. The predicted molar refractivity (Wildman–Crippen MR) is 92.8 cm³/mol. The molecular formula is C17H30N4O. The van der Waals surface area contributed by atoms with Gasteiger partial charge < -0.3 is 16.6 Å². The van der Waals surface area contributed by atoms with E-state index in [-0.39, 0.29) is 16.8 Å². The first-order valence-corrected chi connectivity index (χ1v) is 7.50. The molecular weight excluding hydrogens is 276 g/mol. The summed E-state index contributed by atoms with van der Waals surface area (Å²) in [4.78, 5) is 0. The Morgan fingerprint density at radius 3 is 1.77 bits per heavy atom. The van der Waals surface area contributed by atoms with Crippen LogP contribution in [0, 0.1) is 0 Å². The molecule has 0 aliphatic rings. The molecule has 0 unspecified atom stereocenters. The molecule has 0 saturated heterocycles. The zero-order valence-corrected chi connectivity index (χ0v) is 14.9. The van der Waals surface area contributed by atoms with Crippen LogP contribution in [0.15, 0.2) is 17.2 Å². The van der Waals surface area contributed by atoms with Gasteiger partial charge in [-0.2, -0.15) is 0 Å². The van der Waals surface area contributed by atoms with E-state index < -0.39 is 0 Å². The van der Waals surface area contributed by atoms with Crippen LogP contribution in [0.5, 0.6) is 5.75 Å². The second kappa shape index (κ2) is 6.07. The number of phenolic OH excluding ortho intramolecular Hbond substituents is 1. The summed E-state index contributed by atoms with van der Waals surface area (Å²) >= 11 is 0.